The van der Waals surface area contributed by atoms with Crippen LogP contribution in [-0.2, 0) is 9.53 Å². The molecule has 10 heteroatoms. The van der Waals surface area contributed by atoms with Crippen molar-refractivity contribution in [2.75, 3.05) is 19.6 Å². The SMILES string of the molecule is Cc1cc(C(C)Oc2ccc(C(=O)NCC3(C(=O)NO)CCN(C(=O)OC(C)(C)C)CC3)cc2)c2ccccc2n1. The Kier molecular flexibility index (Phi) is 8.82. The van der Waals surface area contributed by atoms with Gasteiger partial charge in [0.25, 0.3) is 11.8 Å². The number of carbonyl (C=O) groups is 3. The normalized spacial score (nSPS) is 15.6. The second-order valence-electron chi connectivity index (χ2n) is 11.5. The molecule has 3 aromatic rings. The number of pyridine rings is 1. The number of benzene rings is 2. The summed E-state index contributed by atoms with van der Waals surface area (Å²) in [7, 11) is 0. The number of aromatic nitrogens is 1. The Morgan fingerprint density at radius 2 is 1.73 bits per heavy atom. The Hall–Kier alpha value is -4.18. The monoisotopic (exact) mass is 562 g/mol. The minimum atomic E-state index is -1.06. The Labute approximate surface area is 240 Å². The zero-order valence-electron chi connectivity index (χ0n) is 24.2. The van der Waals surface area contributed by atoms with E-state index in [1.54, 1.807) is 50.5 Å². The largest absolute Gasteiger partial charge is 0.486 e. The van der Waals surface area contributed by atoms with E-state index < -0.39 is 23.0 Å². The van der Waals surface area contributed by atoms with E-state index in [-0.39, 0.29) is 44.5 Å². The fourth-order valence-corrected chi connectivity index (χ4v) is 5.03. The highest BCUT2D eigenvalue weighted by Crippen LogP contribution is 2.32. The molecule has 2 aromatic carbocycles. The molecule has 4 rings (SSSR count). The minimum Gasteiger partial charge on any atom is -0.486 e. The van der Waals surface area contributed by atoms with Gasteiger partial charge in [-0.25, -0.2) is 10.3 Å². The van der Waals surface area contributed by atoms with Crippen molar-refractivity contribution in [3.63, 3.8) is 0 Å². The number of rotatable bonds is 7. The van der Waals surface area contributed by atoms with Crippen LogP contribution < -0.4 is 15.5 Å². The summed E-state index contributed by atoms with van der Waals surface area (Å²) in [4.78, 5) is 44.2. The molecular weight excluding hydrogens is 524 g/mol. The Balaban J connectivity index is 1.38. The number of hydrogen-bond acceptors (Lipinski definition) is 7. The van der Waals surface area contributed by atoms with E-state index in [2.05, 4.69) is 10.3 Å². The third-order valence-electron chi connectivity index (χ3n) is 7.29. The van der Waals surface area contributed by atoms with Crippen molar-refractivity contribution in [3.8, 4) is 5.75 Å². The summed E-state index contributed by atoms with van der Waals surface area (Å²) < 4.78 is 11.6. The summed E-state index contributed by atoms with van der Waals surface area (Å²) in [6.07, 6.45) is -0.187. The number of fused-ring (bicyclic) bond motifs is 1. The highest BCUT2D eigenvalue weighted by molar-refractivity contribution is 5.95. The van der Waals surface area contributed by atoms with Crippen molar-refractivity contribution < 1.29 is 29.1 Å². The van der Waals surface area contributed by atoms with Crippen LogP contribution in [0.2, 0.25) is 0 Å². The number of piperidine rings is 1. The molecule has 10 nitrogen and oxygen atoms in total. The third-order valence-corrected chi connectivity index (χ3v) is 7.29. The van der Waals surface area contributed by atoms with Crippen LogP contribution in [-0.4, -0.2) is 58.2 Å². The van der Waals surface area contributed by atoms with Gasteiger partial charge in [-0.2, -0.15) is 0 Å². The Morgan fingerprint density at radius 1 is 1.07 bits per heavy atom. The van der Waals surface area contributed by atoms with Crippen molar-refractivity contribution in [2.24, 2.45) is 5.41 Å². The second-order valence-corrected chi connectivity index (χ2v) is 11.5. The lowest BCUT2D eigenvalue weighted by atomic mass is 9.77. The lowest BCUT2D eigenvalue weighted by Crippen LogP contribution is -2.55. The molecule has 2 heterocycles. The van der Waals surface area contributed by atoms with Gasteiger partial charge in [0.1, 0.15) is 17.5 Å². The van der Waals surface area contributed by atoms with Gasteiger partial charge in [0.15, 0.2) is 0 Å². The summed E-state index contributed by atoms with van der Waals surface area (Å²) in [5.41, 5.74) is 3.28. The molecule has 218 valence electrons. The van der Waals surface area contributed by atoms with Crippen molar-refractivity contribution in [1.29, 1.82) is 0 Å². The van der Waals surface area contributed by atoms with Crippen LogP contribution in [0.5, 0.6) is 5.75 Å². The van der Waals surface area contributed by atoms with E-state index in [0.717, 1.165) is 22.2 Å². The highest BCUT2D eigenvalue weighted by atomic mass is 16.6. The first kappa shape index (κ1) is 29.8. The van der Waals surface area contributed by atoms with E-state index in [9.17, 15) is 19.6 Å². The molecule has 1 fully saturated rings. The molecule has 1 unspecified atom stereocenters. The van der Waals surface area contributed by atoms with Crippen LogP contribution in [0.15, 0.2) is 54.6 Å². The van der Waals surface area contributed by atoms with Crippen molar-refractivity contribution in [1.82, 2.24) is 20.7 Å². The first-order valence-corrected chi connectivity index (χ1v) is 13.7. The standard InChI is InChI=1S/C31H38N4O6/c1-20-18-25(24-8-6-7-9-26(24)33-20)21(2)40-23-12-10-22(11-13-23)27(36)32-19-31(28(37)34-39)14-16-35(17-15-31)29(38)41-30(3,4)5/h6-13,18,21,39H,14-17,19H2,1-5H3,(H,32,36)(H,34,37). The maximum absolute atomic E-state index is 13.0. The fraction of sp³-hybridized carbons (Fsp3) is 0.419. The van der Waals surface area contributed by atoms with E-state index in [1.165, 1.54) is 4.90 Å². The maximum Gasteiger partial charge on any atom is 0.410 e. The first-order chi connectivity index (χ1) is 19.4. The van der Waals surface area contributed by atoms with Gasteiger partial charge in [0.2, 0.25) is 0 Å². The molecule has 41 heavy (non-hydrogen) atoms. The van der Waals surface area contributed by atoms with Gasteiger partial charge in [-0.3, -0.25) is 19.8 Å². The average Bonchev–Trinajstić information content (AvgIpc) is 2.94. The van der Waals surface area contributed by atoms with Gasteiger partial charge < -0.3 is 19.7 Å². The predicted molar refractivity (Wildman–Crippen MR) is 154 cm³/mol. The van der Waals surface area contributed by atoms with E-state index >= 15 is 0 Å². The second kappa shape index (κ2) is 12.1. The summed E-state index contributed by atoms with van der Waals surface area (Å²) in [6.45, 7) is 9.81. The van der Waals surface area contributed by atoms with Crippen LogP contribution in [0.1, 0.15) is 68.3 Å². The van der Waals surface area contributed by atoms with Gasteiger partial charge in [0.05, 0.1) is 10.9 Å². The van der Waals surface area contributed by atoms with Crippen LogP contribution in [0.4, 0.5) is 4.79 Å². The Bertz CT molecular complexity index is 1410. The van der Waals surface area contributed by atoms with Crippen molar-refractivity contribution in [3.05, 3.63) is 71.4 Å². The van der Waals surface area contributed by atoms with Gasteiger partial charge in [0, 0.05) is 41.8 Å². The van der Waals surface area contributed by atoms with E-state index in [4.69, 9.17) is 9.47 Å². The smallest absolute Gasteiger partial charge is 0.410 e. The number of ether oxygens (including phenoxy) is 2. The molecule has 0 aliphatic carbocycles. The molecule has 1 saturated heterocycles. The first-order valence-electron chi connectivity index (χ1n) is 13.7. The zero-order valence-corrected chi connectivity index (χ0v) is 24.2. The quantitative estimate of drug-likeness (QED) is 0.275. The number of likely N-dealkylation sites (tertiary alicyclic amines) is 1. The predicted octanol–water partition coefficient (Wildman–Crippen LogP) is 4.94. The van der Waals surface area contributed by atoms with Crippen molar-refractivity contribution >= 4 is 28.8 Å². The lowest BCUT2D eigenvalue weighted by Gasteiger charge is -2.40. The molecule has 3 N–H and O–H groups in total. The average molecular weight is 563 g/mol. The molecule has 0 saturated carbocycles. The number of amides is 3. The molecular formula is C31H38N4O6. The van der Waals surface area contributed by atoms with Gasteiger partial charge in [-0.1, -0.05) is 18.2 Å². The minimum absolute atomic E-state index is 0.00411. The molecule has 0 spiro atoms. The summed E-state index contributed by atoms with van der Waals surface area (Å²) in [5, 5.41) is 13.2. The van der Waals surface area contributed by atoms with Crippen LogP contribution in [0.3, 0.4) is 0 Å². The van der Waals surface area contributed by atoms with Gasteiger partial charge in [-0.05, 0) is 83.9 Å². The topological polar surface area (TPSA) is 130 Å². The van der Waals surface area contributed by atoms with E-state index in [0.29, 0.717) is 11.3 Å². The summed E-state index contributed by atoms with van der Waals surface area (Å²) >= 11 is 0. The van der Waals surface area contributed by atoms with Crippen LogP contribution >= 0.6 is 0 Å². The van der Waals surface area contributed by atoms with Crippen LogP contribution in [0, 0.1) is 12.3 Å². The number of hydroxylamine groups is 1. The lowest BCUT2D eigenvalue weighted by molar-refractivity contribution is -0.142. The van der Waals surface area contributed by atoms with Crippen molar-refractivity contribution in [2.45, 2.75) is 59.2 Å². The van der Waals surface area contributed by atoms with Gasteiger partial charge in [-0.15, -0.1) is 0 Å². The number of para-hydroxylation sites is 1. The highest BCUT2D eigenvalue weighted by Gasteiger charge is 2.43. The summed E-state index contributed by atoms with van der Waals surface area (Å²) in [6, 6.07) is 16.7. The zero-order chi connectivity index (χ0) is 29.8. The van der Waals surface area contributed by atoms with E-state index in [1.807, 2.05) is 44.2 Å². The number of nitrogens with zero attached hydrogens (tertiary/aromatic N) is 2. The molecule has 1 aliphatic rings. The molecule has 3 amide bonds. The maximum atomic E-state index is 13.0. The van der Waals surface area contributed by atoms with Gasteiger partial charge >= 0.3 is 6.09 Å². The Morgan fingerprint density at radius 3 is 2.37 bits per heavy atom. The molecule has 0 radical (unpaired) electrons. The molecule has 1 atom stereocenters. The van der Waals surface area contributed by atoms with Crippen LogP contribution in [0.25, 0.3) is 10.9 Å². The third kappa shape index (κ3) is 7.13. The fourth-order valence-electron chi connectivity index (χ4n) is 5.03. The number of nitrogens with one attached hydrogen (secondary N) is 2. The number of hydrogen-bond donors (Lipinski definition) is 3. The summed E-state index contributed by atoms with van der Waals surface area (Å²) in [5.74, 6) is -0.350. The molecule has 1 aliphatic heterocycles. The number of carbonyl (C=O) groups excluding carboxylic acids is 3. The number of aryl methyl sites for hydroxylation is 1. The molecule has 1 aromatic heterocycles. The molecule has 0 bridgehead atoms.